The number of nitrogens with one attached hydrogen (secondary N) is 1. The predicted molar refractivity (Wildman–Crippen MR) is 78.9 cm³/mol. The van der Waals surface area contributed by atoms with E-state index >= 15 is 0 Å². The molecule has 106 valence electrons. The summed E-state index contributed by atoms with van der Waals surface area (Å²) in [5.74, 6) is 0.644. The van der Waals surface area contributed by atoms with Gasteiger partial charge >= 0.3 is 6.09 Å². The summed E-state index contributed by atoms with van der Waals surface area (Å²) in [7, 11) is 0. The third-order valence-electron chi connectivity index (χ3n) is 1.88. The average molecular weight is 351 g/mol. The van der Waals surface area contributed by atoms with Gasteiger partial charge in [0.2, 0.25) is 0 Å². The molecule has 0 saturated carbocycles. The molecule has 0 bridgehead atoms. The Kier molecular flexibility index (Phi) is 5.94. The lowest BCUT2D eigenvalue weighted by Crippen LogP contribution is -2.34. The summed E-state index contributed by atoms with van der Waals surface area (Å²) < 4.78 is 11.4. The molecule has 4 nitrogen and oxygen atoms in total. The Labute approximate surface area is 126 Å². The van der Waals surface area contributed by atoms with E-state index in [2.05, 4.69) is 21.2 Å². The molecule has 6 heteroatoms. The topological polar surface area (TPSA) is 47.6 Å². The minimum absolute atomic E-state index is 0.339. The van der Waals surface area contributed by atoms with Gasteiger partial charge in [-0.3, -0.25) is 0 Å². The highest BCUT2D eigenvalue weighted by molar-refractivity contribution is 9.10. The molecular formula is C13H17BrClNO3. The summed E-state index contributed by atoms with van der Waals surface area (Å²) in [6.07, 6.45) is -0.455. The first-order valence-corrected chi connectivity index (χ1v) is 6.99. The molecule has 0 radical (unpaired) electrons. The predicted octanol–water partition coefficient (Wildman–Crippen LogP) is 4.01. The van der Waals surface area contributed by atoms with Crippen LogP contribution < -0.4 is 10.1 Å². The number of benzene rings is 1. The van der Waals surface area contributed by atoms with Gasteiger partial charge in [-0.25, -0.2) is 4.79 Å². The summed E-state index contributed by atoms with van der Waals surface area (Å²) >= 11 is 9.21. The van der Waals surface area contributed by atoms with Gasteiger partial charge in [0.1, 0.15) is 18.0 Å². The Hall–Kier alpha value is -0.940. The zero-order valence-corrected chi connectivity index (χ0v) is 13.5. The van der Waals surface area contributed by atoms with Crippen molar-refractivity contribution in [1.29, 1.82) is 0 Å². The van der Waals surface area contributed by atoms with Crippen LogP contribution in [-0.2, 0) is 4.74 Å². The Bertz CT molecular complexity index is 426. The SMILES string of the molecule is CC(C)(C)OC(=O)NCCOc1cc(Cl)cc(Br)c1. The lowest BCUT2D eigenvalue weighted by atomic mass is 10.2. The van der Waals surface area contributed by atoms with Gasteiger partial charge in [0.15, 0.2) is 0 Å². The number of rotatable bonds is 4. The first-order chi connectivity index (χ1) is 8.76. The second kappa shape index (κ2) is 7.01. The third kappa shape index (κ3) is 7.28. The molecule has 0 fully saturated rings. The lowest BCUT2D eigenvalue weighted by molar-refractivity contribution is 0.0520. The first kappa shape index (κ1) is 16.1. The Morgan fingerprint density at radius 2 is 2.05 bits per heavy atom. The molecule has 0 spiro atoms. The van der Waals surface area contributed by atoms with Crippen LogP contribution in [0.15, 0.2) is 22.7 Å². The van der Waals surface area contributed by atoms with E-state index in [4.69, 9.17) is 21.1 Å². The highest BCUT2D eigenvalue weighted by atomic mass is 79.9. The fraction of sp³-hybridized carbons (Fsp3) is 0.462. The smallest absolute Gasteiger partial charge is 0.407 e. The van der Waals surface area contributed by atoms with Crippen molar-refractivity contribution in [3.8, 4) is 5.75 Å². The van der Waals surface area contributed by atoms with Gasteiger partial charge in [-0.1, -0.05) is 27.5 Å². The number of carbonyl (C=O) groups is 1. The van der Waals surface area contributed by atoms with Crippen LogP contribution in [0.1, 0.15) is 20.8 Å². The maximum atomic E-state index is 11.4. The van der Waals surface area contributed by atoms with Crippen molar-refractivity contribution < 1.29 is 14.3 Å². The molecule has 1 N–H and O–H groups in total. The number of hydrogen-bond acceptors (Lipinski definition) is 3. The minimum atomic E-state index is -0.497. The standard InChI is InChI=1S/C13H17BrClNO3/c1-13(2,3)19-12(17)16-4-5-18-11-7-9(14)6-10(15)8-11/h6-8H,4-5H2,1-3H3,(H,16,17). The summed E-state index contributed by atoms with van der Waals surface area (Å²) in [5, 5.41) is 3.20. The van der Waals surface area contributed by atoms with Crippen molar-refractivity contribution in [2.75, 3.05) is 13.2 Å². The van der Waals surface area contributed by atoms with Crippen LogP contribution in [0.4, 0.5) is 4.79 Å². The Balaban J connectivity index is 2.29. The normalized spacial score (nSPS) is 11.0. The van der Waals surface area contributed by atoms with Crippen LogP contribution in [0.25, 0.3) is 0 Å². The number of alkyl carbamates (subject to hydrolysis) is 1. The molecule has 0 aliphatic rings. The number of carbonyl (C=O) groups excluding carboxylic acids is 1. The largest absolute Gasteiger partial charge is 0.492 e. The van der Waals surface area contributed by atoms with Gasteiger partial charge in [-0.15, -0.1) is 0 Å². The molecule has 0 aliphatic carbocycles. The van der Waals surface area contributed by atoms with E-state index in [1.54, 1.807) is 18.2 Å². The van der Waals surface area contributed by atoms with E-state index in [0.29, 0.717) is 23.9 Å². The van der Waals surface area contributed by atoms with Crippen LogP contribution in [0, 0.1) is 0 Å². The fourth-order valence-electron chi connectivity index (χ4n) is 1.25. The number of ether oxygens (including phenoxy) is 2. The van der Waals surface area contributed by atoms with E-state index < -0.39 is 11.7 Å². The van der Waals surface area contributed by atoms with E-state index in [-0.39, 0.29) is 0 Å². The number of hydrogen-bond donors (Lipinski definition) is 1. The zero-order chi connectivity index (χ0) is 14.5. The van der Waals surface area contributed by atoms with E-state index in [0.717, 1.165) is 4.47 Å². The highest BCUT2D eigenvalue weighted by Gasteiger charge is 2.15. The molecule has 1 rings (SSSR count). The molecule has 0 atom stereocenters. The fourth-order valence-corrected chi connectivity index (χ4v) is 2.08. The maximum Gasteiger partial charge on any atom is 0.407 e. The third-order valence-corrected chi connectivity index (χ3v) is 2.55. The first-order valence-electron chi connectivity index (χ1n) is 5.82. The van der Waals surface area contributed by atoms with Crippen molar-refractivity contribution in [3.63, 3.8) is 0 Å². The van der Waals surface area contributed by atoms with Gasteiger partial charge < -0.3 is 14.8 Å². The second-order valence-corrected chi connectivity index (χ2v) is 6.23. The van der Waals surface area contributed by atoms with Gasteiger partial charge in [0.25, 0.3) is 0 Å². The monoisotopic (exact) mass is 349 g/mol. The molecule has 0 aliphatic heterocycles. The average Bonchev–Trinajstić information content (AvgIpc) is 2.20. The van der Waals surface area contributed by atoms with E-state index in [9.17, 15) is 4.79 Å². The number of halogens is 2. The van der Waals surface area contributed by atoms with E-state index in [1.165, 1.54) is 0 Å². The van der Waals surface area contributed by atoms with Crippen LogP contribution >= 0.6 is 27.5 Å². The van der Waals surface area contributed by atoms with Crippen molar-refractivity contribution in [2.45, 2.75) is 26.4 Å². The van der Waals surface area contributed by atoms with Gasteiger partial charge in [-0.05, 0) is 39.0 Å². The highest BCUT2D eigenvalue weighted by Crippen LogP contribution is 2.24. The second-order valence-electron chi connectivity index (χ2n) is 4.88. The van der Waals surface area contributed by atoms with Gasteiger partial charge in [-0.2, -0.15) is 0 Å². The Morgan fingerprint density at radius 3 is 2.63 bits per heavy atom. The van der Waals surface area contributed by atoms with Gasteiger partial charge in [0, 0.05) is 9.50 Å². The summed E-state index contributed by atoms with van der Waals surface area (Å²) in [6, 6.07) is 5.28. The summed E-state index contributed by atoms with van der Waals surface area (Å²) in [5.41, 5.74) is -0.497. The van der Waals surface area contributed by atoms with Crippen molar-refractivity contribution in [3.05, 3.63) is 27.7 Å². The van der Waals surface area contributed by atoms with Crippen LogP contribution in [0.2, 0.25) is 5.02 Å². The number of amides is 1. The Morgan fingerprint density at radius 1 is 1.37 bits per heavy atom. The van der Waals surface area contributed by atoms with Crippen LogP contribution in [0.3, 0.4) is 0 Å². The molecule has 0 saturated heterocycles. The lowest BCUT2D eigenvalue weighted by Gasteiger charge is -2.19. The molecule has 1 aromatic carbocycles. The molecule has 19 heavy (non-hydrogen) atoms. The van der Waals surface area contributed by atoms with Crippen LogP contribution in [0.5, 0.6) is 5.75 Å². The van der Waals surface area contributed by atoms with Crippen LogP contribution in [-0.4, -0.2) is 24.8 Å². The molecule has 0 unspecified atom stereocenters. The zero-order valence-electron chi connectivity index (χ0n) is 11.1. The molecular weight excluding hydrogens is 334 g/mol. The van der Waals surface area contributed by atoms with Crippen molar-refractivity contribution in [2.24, 2.45) is 0 Å². The molecule has 0 aromatic heterocycles. The van der Waals surface area contributed by atoms with Crippen molar-refractivity contribution in [1.82, 2.24) is 5.32 Å². The van der Waals surface area contributed by atoms with E-state index in [1.807, 2.05) is 20.8 Å². The molecule has 1 aromatic rings. The van der Waals surface area contributed by atoms with Crippen molar-refractivity contribution >= 4 is 33.6 Å². The summed E-state index contributed by atoms with van der Waals surface area (Å²) in [4.78, 5) is 11.4. The maximum absolute atomic E-state index is 11.4. The van der Waals surface area contributed by atoms with Gasteiger partial charge in [0.05, 0.1) is 6.54 Å². The molecule has 0 heterocycles. The summed E-state index contributed by atoms with van der Waals surface area (Å²) in [6.45, 7) is 6.14. The minimum Gasteiger partial charge on any atom is -0.492 e. The molecule has 1 amide bonds. The quantitative estimate of drug-likeness (QED) is 0.835.